The van der Waals surface area contributed by atoms with Gasteiger partial charge >= 0.3 is 0 Å². The van der Waals surface area contributed by atoms with Crippen LogP contribution in [-0.4, -0.2) is 67.4 Å². The maximum Gasteiger partial charge on any atom is 0.146 e. The summed E-state index contributed by atoms with van der Waals surface area (Å²) in [7, 11) is 0. The molecule has 0 amide bonds. The van der Waals surface area contributed by atoms with Crippen molar-refractivity contribution in [1.29, 1.82) is 0 Å². The van der Waals surface area contributed by atoms with Gasteiger partial charge in [0.25, 0.3) is 0 Å². The highest BCUT2D eigenvalue weighted by molar-refractivity contribution is 7.19. The lowest BCUT2D eigenvalue weighted by atomic mass is 9.89. The summed E-state index contributed by atoms with van der Waals surface area (Å²) in [5, 5.41) is 1.35. The third-order valence-electron chi connectivity index (χ3n) is 7.69. The van der Waals surface area contributed by atoms with Gasteiger partial charge in [-0.1, -0.05) is 25.1 Å². The van der Waals surface area contributed by atoms with Crippen LogP contribution in [0, 0.1) is 12.8 Å². The van der Waals surface area contributed by atoms with Gasteiger partial charge in [0.2, 0.25) is 0 Å². The molecule has 3 aliphatic rings. The molecule has 0 radical (unpaired) electrons. The summed E-state index contributed by atoms with van der Waals surface area (Å²) in [4.78, 5) is 20.6. The van der Waals surface area contributed by atoms with Crippen molar-refractivity contribution in [3.05, 3.63) is 46.1 Å². The molecule has 2 fully saturated rings. The Morgan fingerprint density at radius 1 is 1.00 bits per heavy atom. The lowest BCUT2D eigenvalue weighted by Crippen LogP contribution is -2.47. The van der Waals surface area contributed by atoms with Crippen LogP contribution in [-0.2, 0) is 24.1 Å². The molecule has 2 saturated heterocycles. The second kappa shape index (κ2) is 9.44. The van der Waals surface area contributed by atoms with E-state index in [9.17, 15) is 0 Å². The molecule has 34 heavy (non-hydrogen) atoms. The summed E-state index contributed by atoms with van der Waals surface area (Å²) in [5.41, 5.74) is 4.26. The zero-order valence-electron chi connectivity index (χ0n) is 20.4. The van der Waals surface area contributed by atoms with Crippen LogP contribution < -0.4 is 9.80 Å². The Hall–Kier alpha value is -2.22. The minimum atomic E-state index is 0.766. The van der Waals surface area contributed by atoms with Gasteiger partial charge in [0.1, 0.15) is 16.5 Å². The fraction of sp³-hybridized carbons (Fsp3) is 0.556. The number of thiophene rings is 1. The van der Waals surface area contributed by atoms with Crippen LogP contribution in [0.3, 0.4) is 0 Å². The maximum absolute atomic E-state index is 5.55. The number of piperazine rings is 1. The number of hydrogen-bond acceptors (Lipinski definition) is 7. The van der Waals surface area contributed by atoms with Gasteiger partial charge in [-0.2, -0.15) is 0 Å². The maximum atomic E-state index is 5.55. The summed E-state index contributed by atoms with van der Waals surface area (Å²) in [6.45, 7) is 13.0. The minimum absolute atomic E-state index is 0.766. The molecule has 0 unspecified atom stereocenters. The topological polar surface area (TPSA) is 44.7 Å². The van der Waals surface area contributed by atoms with Crippen LogP contribution in [0.5, 0.6) is 0 Å². The van der Waals surface area contributed by atoms with E-state index in [1.165, 1.54) is 52.1 Å². The predicted molar refractivity (Wildman–Crippen MR) is 140 cm³/mol. The molecule has 180 valence electrons. The number of aromatic nitrogens is 2. The number of morpholine rings is 1. The van der Waals surface area contributed by atoms with E-state index in [0.29, 0.717) is 0 Å². The van der Waals surface area contributed by atoms with Crippen molar-refractivity contribution < 1.29 is 4.74 Å². The molecule has 0 saturated carbocycles. The fourth-order valence-corrected chi connectivity index (χ4v) is 7.10. The number of para-hydroxylation sites is 1. The third kappa shape index (κ3) is 4.30. The summed E-state index contributed by atoms with van der Waals surface area (Å²) < 4.78 is 5.55. The number of anilines is 2. The molecular weight excluding hydrogens is 442 g/mol. The van der Waals surface area contributed by atoms with Crippen molar-refractivity contribution in [2.75, 3.05) is 62.3 Å². The smallest absolute Gasteiger partial charge is 0.146 e. The lowest BCUT2D eigenvalue weighted by molar-refractivity contribution is 0.0331. The first-order valence-electron chi connectivity index (χ1n) is 12.8. The van der Waals surface area contributed by atoms with Crippen molar-refractivity contribution in [3.63, 3.8) is 0 Å². The summed E-state index contributed by atoms with van der Waals surface area (Å²) >= 11 is 1.93. The van der Waals surface area contributed by atoms with Crippen molar-refractivity contribution in [2.45, 2.75) is 39.7 Å². The highest BCUT2D eigenvalue weighted by Crippen LogP contribution is 2.41. The van der Waals surface area contributed by atoms with Gasteiger partial charge in [0.05, 0.1) is 25.1 Å². The van der Waals surface area contributed by atoms with E-state index in [4.69, 9.17) is 14.7 Å². The minimum Gasteiger partial charge on any atom is -0.379 e. The van der Waals surface area contributed by atoms with Gasteiger partial charge in [0, 0.05) is 49.8 Å². The standard InChI is InChI=1S/C27H35N5OS/c1-19-7-8-21-23(17-19)34-27-25(21)26(28-24(29-27)18-30-13-15-33-16-14-30)32-11-9-31(10-12-32)22-6-4-3-5-20(22)2/h3-6,19H,7-18H2,1-2H3/t19-/m1/s1. The third-order valence-corrected chi connectivity index (χ3v) is 8.83. The molecule has 4 heterocycles. The van der Waals surface area contributed by atoms with Gasteiger partial charge in [-0.25, -0.2) is 9.97 Å². The van der Waals surface area contributed by atoms with Crippen LogP contribution in [0.2, 0.25) is 0 Å². The van der Waals surface area contributed by atoms with Gasteiger partial charge in [-0.15, -0.1) is 11.3 Å². The quantitative estimate of drug-likeness (QED) is 0.559. The second-order valence-electron chi connectivity index (χ2n) is 10.1. The first-order valence-corrected chi connectivity index (χ1v) is 13.6. The summed E-state index contributed by atoms with van der Waals surface area (Å²) in [6, 6.07) is 8.75. The van der Waals surface area contributed by atoms with E-state index in [2.05, 4.69) is 52.8 Å². The Balaban J connectivity index is 1.32. The molecule has 0 N–H and O–H groups in total. The van der Waals surface area contributed by atoms with Crippen molar-refractivity contribution in [3.8, 4) is 0 Å². The number of fused-ring (bicyclic) bond motifs is 3. The van der Waals surface area contributed by atoms with Crippen molar-refractivity contribution in [2.24, 2.45) is 5.92 Å². The molecule has 2 aromatic heterocycles. The number of ether oxygens (including phenoxy) is 1. The average Bonchev–Trinajstić information content (AvgIpc) is 3.22. The molecule has 6 rings (SSSR count). The van der Waals surface area contributed by atoms with E-state index in [1.54, 1.807) is 4.88 Å². The van der Waals surface area contributed by atoms with E-state index in [0.717, 1.165) is 70.8 Å². The Morgan fingerprint density at radius 3 is 2.56 bits per heavy atom. The molecular formula is C27H35N5OS. The monoisotopic (exact) mass is 477 g/mol. The molecule has 6 nitrogen and oxygen atoms in total. The first-order chi connectivity index (χ1) is 16.7. The Bertz CT molecular complexity index is 1160. The molecule has 7 heteroatoms. The number of rotatable bonds is 4. The Kier molecular flexibility index (Phi) is 6.18. The van der Waals surface area contributed by atoms with E-state index >= 15 is 0 Å². The Morgan fingerprint density at radius 2 is 1.76 bits per heavy atom. The number of benzene rings is 1. The Labute approximate surface area is 206 Å². The fourth-order valence-electron chi connectivity index (χ4n) is 5.70. The largest absolute Gasteiger partial charge is 0.379 e. The summed E-state index contributed by atoms with van der Waals surface area (Å²) in [5.74, 6) is 2.92. The van der Waals surface area contributed by atoms with E-state index in [-0.39, 0.29) is 0 Å². The number of nitrogens with zero attached hydrogens (tertiary/aromatic N) is 5. The van der Waals surface area contributed by atoms with Crippen LogP contribution in [0.4, 0.5) is 11.5 Å². The van der Waals surface area contributed by atoms with Gasteiger partial charge < -0.3 is 14.5 Å². The van der Waals surface area contributed by atoms with Crippen LogP contribution in [0.25, 0.3) is 10.2 Å². The van der Waals surface area contributed by atoms with Gasteiger partial charge in [0.15, 0.2) is 0 Å². The van der Waals surface area contributed by atoms with Crippen LogP contribution in [0.15, 0.2) is 24.3 Å². The van der Waals surface area contributed by atoms with Gasteiger partial charge in [-0.05, 0) is 49.3 Å². The molecule has 1 atom stereocenters. The normalized spacial score (nSPS) is 21.8. The highest BCUT2D eigenvalue weighted by atomic mass is 32.1. The molecule has 1 aliphatic carbocycles. The molecule has 2 aliphatic heterocycles. The molecule has 1 aromatic carbocycles. The average molecular weight is 478 g/mol. The lowest BCUT2D eigenvalue weighted by Gasteiger charge is -2.38. The zero-order valence-corrected chi connectivity index (χ0v) is 21.2. The number of hydrogen-bond donors (Lipinski definition) is 0. The second-order valence-corrected chi connectivity index (χ2v) is 11.2. The van der Waals surface area contributed by atoms with E-state index in [1.807, 2.05) is 11.3 Å². The molecule has 0 bridgehead atoms. The predicted octanol–water partition coefficient (Wildman–Crippen LogP) is 4.28. The molecule has 3 aromatic rings. The van der Waals surface area contributed by atoms with Crippen molar-refractivity contribution >= 4 is 33.1 Å². The van der Waals surface area contributed by atoms with Crippen molar-refractivity contribution in [1.82, 2.24) is 14.9 Å². The van der Waals surface area contributed by atoms with Gasteiger partial charge in [-0.3, -0.25) is 4.90 Å². The summed E-state index contributed by atoms with van der Waals surface area (Å²) in [6.07, 6.45) is 3.63. The SMILES string of the molecule is Cc1ccccc1N1CCN(c2nc(CN3CCOCC3)nc3sc4c(c23)CC[C@@H](C)C4)CC1. The van der Waals surface area contributed by atoms with Crippen LogP contribution >= 0.6 is 11.3 Å². The van der Waals surface area contributed by atoms with Crippen LogP contribution in [0.1, 0.15) is 35.2 Å². The zero-order chi connectivity index (χ0) is 23.1. The molecule has 0 spiro atoms. The first kappa shape index (κ1) is 22.3. The van der Waals surface area contributed by atoms with E-state index < -0.39 is 0 Å². The highest BCUT2D eigenvalue weighted by Gasteiger charge is 2.28. The number of aryl methyl sites for hydroxylation is 2.